The monoisotopic (exact) mass is 304 g/mol. The summed E-state index contributed by atoms with van der Waals surface area (Å²) in [5.74, 6) is 0.673. The summed E-state index contributed by atoms with van der Waals surface area (Å²) >= 11 is 21.4. The molecule has 6 heteroatoms. The number of thioether (sulfide) groups is 2. The molecule has 84 valence electrons. The van der Waals surface area contributed by atoms with E-state index in [1.54, 1.807) is 0 Å². The van der Waals surface area contributed by atoms with Crippen molar-refractivity contribution < 1.29 is 0 Å². The Morgan fingerprint density at radius 3 is 1.93 bits per heavy atom. The van der Waals surface area contributed by atoms with E-state index in [4.69, 9.17) is 0 Å². The van der Waals surface area contributed by atoms with E-state index in [-0.39, 0.29) is 0 Å². The molecule has 1 fully saturated rings. The lowest BCUT2D eigenvalue weighted by molar-refractivity contribution is 0.339. The molecule has 0 heterocycles. The largest absolute Gasteiger partial charge is 0.176 e. The Morgan fingerprint density at radius 2 is 1.57 bits per heavy atom. The summed E-state index contributed by atoms with van der Waals surface area (Å²) in [5.41, 5.74) is 0. The quantitative estimate of drug-likeness (QED) is 0.438. The van der Waals surface area contributed by atoms with Gasteiger partial charge >= 0.3 is 0 Å². The molecule has 1 rings (SSSR count). The van der Waals surface area contributed by atoms with Gasteiger partial charge in [0.1, 0.15) is 0 Å². The summed E-state index contributed by atoms with van der Waals surface area (Å²) in [6.07, 6.45) is 2.35. The first-order chi connectivity index (χ1) is 6.69. The third-order valence-corrected chi connectivity index (χ3v) is 6.78. The molecule has 1 aliphatic rings. The molecular formula is C8H16S6. The molecule has 0 nitrogen and oxygen atoms in total. The Balaban J connectivity index is 2.30. The van der Waals surface area contributed by atoms with E-state index < -0.39 is 0 Å². The summed E-state index contributed by atoms with van der Waals surface area (Å²) in [6.45, 7) is 0. The van der Waals surface area contributed by atoms with Crippen LogP contribution in [0.1, 0.15) is 12.8 Å². The van der Waals surface area contributed by atoms with Crippen molar-refractivity contribution in [3.8, 4) is 0 Å². The molecule has 0 aromatic heterocycles. The summed E-state index contributed by atoms with van der Waals surface area (Å²) in [6, 6.07) is 0. The Bertz CT molecular complexity index is 150. The number of thiol groups is 4. The molecular weight excluding hydrogens is 288 g/mol. The van der Waals surface area contributed by atoms with Crippen molar-refractivity contribution >= 4 is 74.0 Å². The van der Waals surface area contributed by atoms with Gasteiger partial charge in [0, 0.05) is 20.7 Å². The van der Waals surface area contributed by atoms with E-state index in [1.165, 1.54) is 6.42 Å². The van der Waals surface area contributed by atoms with Crippen LogP contribution in [0.25, 0.3) is 0 Å². The van der Waals surface area contributed by atoms with Crippen LogP contribution in [-0.4, -0.2) is 25.3 Å². The van der Waals surface area contributed by atoms with Crippen molar-refractivity contribution in [1.29, 1.82) is 0 Å². The molecule has 1 aliphatic carbocycles. The van der Waals surface area contributed by atoms with Crippen LogP contribution >= 0.6 is 74.0 Å². The van der Waals surface area contributed by atoms with Gasteiger partial charge in [0.25, 0.3) is 0 Å². The van der Waals surface area contributed by atoms with Crippen molar-refractivity contribution in [2.24, 2.45) is 5.92 Å². The summed E-state index contributed by atoms with van der Waals surface area (Å²) < 4.78 is 0.611. The Hall–Kier alpha value is 2.10. The Labute approximate surface area is 117 Å². The molecule has 14 heavy (non-hydrogen) atoms. The van der Waals surface area contributed by atoms with Crippen molar-refractivity contribution in [2.75, 3.05) is 10.2 Å². The van der Waals surface area contributed by atoms with Crippen LogP contribution < -0.4 is 0 Å². The second kappa shape index (κ2) is 7.43. The maximum absolute atomic E-state index is 4.54. The third-order valence-electron chi connectivity index (χ3n) is 2.46. The van der Waals surface area contributed by atoms with Gasteiger partial charge in [-0.3, -0.25) is 0 Å². The summed E-state index contributed by atoms with van der Waals surface area (Å²) in [7, 11) is 0. The SMILES string of the molecule is SCSC(CC1C(S)CC1S)SCS. The van der Waals surface area contributed by atoms with Crippen LogP contribution in [0.4, 0.5) is 0 Å². The fraction of sp³-hybridized carbons (Fsp3) is 1.00. The minimum Gasteiger partial charge on any atom is -0.176 e. The average Bonchev–Trinajstić information content (AvgIpc) is 2.15. The molecule has 0 aliphatic heterocycles. The Morgan fingerprint density at radius 1 is 1.07 bits per heavy atom. The minimum absolute atomic E-state index is 0.557. The number of hydrogen-bond acceptors (Lipinski definition) is 6. The van der Waals surface area contributed by atoms with Gasteiger partial charge in [-0.05, 0) is 18.8 Å². The second-order valence-electron chi connectivity index (χ2n) is 3.29. The van der Waals surface area contributed by atoms with Gasteiger partial charge in [0.05, 0.1) is 4.58 Å². The van der Waals surface area contributed by atoms with E-state index in [9.17, 15) is 0 Å². The normalized spacial score (nSPS) is 31.9. The van der Waals surface area contributed by atoms with Gasteiger partial charge < -0.3 is 0 Å². The zero-order valence-corrected chi connectivity index (χ0v) is 13.0. The lowest BCUT2D eigenvalue weighted by Crippen LogP contribution is -2.40. The highest BCUT2D eigenvalue weighted by atomic mass is 32.2. The second-order valence-corrected chi connectivity index (χ2v) is 8.79. The smallest absolute Gasteiger partial charge is 0.0522 e. The molecule has 0 spiro atoms. The maximum atomic E-state index is 4.54. The topological polar surface area (TPSA) is 0 Å². The molecule has 0 bridgehead atoms. The molecule has 2 unspecified atom stereocenters. The highest BCUT2D eigenvalue weighted by Gasteiger charge is 2.37. The van der Waals surface area contributed by atoms with Crippen molar-refractivity contribution in [1.82, 2.24) is 0 Å². The van der Waals surface area contributed by atoms with Gasteiger partial charge in [0.15, 0.2) is 0 Å². The number of rotatable bonds is 6. The molecule has 0 N–H and O–H groups in total. The van der Waals surface area contributed by atoms with E-state index in [0.717, 1.165) is 16.6 Å². The van der Waals surface area contributed by atoms with E-state index in [2.05, 4.69) is 50.5 Å². The first-order valence-electron chi connectivity index (χ1n) is 4.50. The van der Waals surface area contributed by atoms with Gasteiger partial charge in [-0.1, -0.05) is 0 Å². The lowest BCUT2D eigenvalue weighted by atomic mass is 9.82. The molecule has 1 saturated carbocycles. The van der Waals surface area contributed by atoms with Gasteiger partial charge in [-0.15, -0.1) is 23.5 Å². The van der Waals surface area contributed by atoms with Crippen molar-refractivity contribution in [3.63, 3.8) is 0 Å². The first-order valence-corrected chi connectivity index (χ1v) is 8.89. The molecule has 0 aromatic carbocycles. The average molecular weight is 305 g/mol. The summed E-state index contributed by atoms with van der Waals surface area (Å²) in [4.78, 5) is 0. The predicted molar refractivity (Wildman–Crippen MR) is 84.9 cm³/mol. The van der Waals surface area contributed by atoms with Crippen LogP contribution in [0.15, 0.2) is 0 Å². The molecule has 0 aromatic rings. The van der Waals surface area contributed by atoms with Crippen molar-refractivity contribution in [2.45, 2.75) is 27.9 Å². The highest BCUT2D eigenvalue weighted by Crippen LogP contribution is 2.43. The minimum atomic E-state index is 0.557. The van der Waals surface area contributed by atoms with E-state index in [1.807, 2.05) is 23.5 Å². The van der Waals surface area contributed by atoms with Crippen LogP contribution in [-0.2, 0) is 0 Å². The van der Waals surface area contributed by atoms with Crippen LogP contribution in [0, 0.1) is 5.92 Å². The fourth-order valence-electron chi connectivity index (χ4n) is 1.54. The molecule has 0 radical (unpaired) electrons. The summed E-state index contributed by atoms with van der Waals surface area (Å²) in [5, 5.41) is 2.88. The van der Waals surface area contributed by atoms with Crippen LogP contribution in [0.2, 0.25) is 0 Å². The number of hydrogen-bond donors (Lipinski definition) is 4. The van der Waals surface area contributed by atoms with Crippen molar-refractivity contribution in [3.05, 3.63) is 0 Å². The predicted octanol–water partition coefficient (Wildman–Crippen LogP) is 3.56. The molecule has 0 amide bonds. The standard InChI is InChI=1S/C8H16S6/c9-3-13-8(14-4-10)1-5-6(11)2-7(5)12/h5-12H,1-4H2. The van der Waals surface area contributed by atoms with Gasteiger partial charge in [-0.2, -0.15) is 50.5 Å². The van der Waals surface area contributed by atoms with E-state index >= 15 is 0 Å². The van der Waals surface area contributed by atoms with Gasteiger partial charge in [0.2, 0.25) is 0 Å². The zero-order chi connectivity index (χ0) is 10.6. The highest BCUT2D eigenvalue weighted by molar-refractivity contribution is 8.23. The molecule has 2 atom stereocenters. The van der Waals surface area contributed by atoms with Crippen LogP contribution in [0.5, 0.6) is 0 Å². The van der Waals surface area contributed by atoms with Crippen LogP contribution in [0.3, 0.4) is 0 Å². The molecule has 0 saturated heterocycles. The fourth-order valence-corrected chi connectivity index (χ4v) is 6.49. The van der Waals surface area contributed by atoms with Gasteiger partial charge in [-0.25, -0.2) is 0 Å². The first kappa shape index (κ1) is 14.2. The van der Waals surface area contributed by atoms with E-state index in [0.29, 0.717) is 21.0 Å². The maximum Gasteiger partial charge on any atom is 0.0522 e. The zero-order valence-electron chi connectivity index (χ0n) is 7.74. The lowest BCUT2D eigenvalue weighted by Gasteiger charge is -2.41. The Kier molecular flexibility index (Phi) is 7.52. The third kappa shape index (κ3) is 4.17.